The molecule has 0 aliphatic carbocycles. The van der Waals surface area contributed by atoms with Gasteiger partial charge in [-0.1, -0.05) is 0 Å². The van der Waals surface area contributed by atoms with E-state index in [1.165, 1.54) is 6.07 Å². The Kier molecular flexibility index (Phi) is 4.21. The van der Waals surface area contributed by atoms with Crippen molar-refractivity contribution in [1.29, 1.82) is 0 Å². The maximum Gasteiger partial charge on any atom is 0.292 e. The van der Waals surface area contributed by atoms with Gasteiger partial charge in [-0.2, -0.15) is 0 Å². The van der Waals surface area contributed by atoms with Crippen LogP contribution in [0, 0.1) is 10.1 Å². The molecule has 19 heavy (non-hydrogen) atoms. The number of nitrogens with two attached hydrogens (primary N) is 1. The highest BCUT2D eigenvalue weighted by Gasteiger charge is 2.19. The van der Waals surface area contributed by atoms with Crippen LogP contribution in [0.5, 0.6) is 0 Å². The molecule has 1 heterocycles. The summed E-state index contributed by atoms with van der Waals surface area (Å²) in [5, 5.41) is 14.1. The summed E-state index contributed by atoms with van der Waals surface area (Å²) in [7, 11) is 2.02. The minimum Gasteiger partial charge on any atom is -0.393 e. The number of nitro groups is 1. The minimum atomic E-state index is -0.450. The number of nitrogens with zero attached hydrogens (tertiary/aromatic N) is 2. The number of hydrogen-bond acceptors (Lipinski definition) is 5. The van der Waals surface area contributed by atoms with E-state index in [0.29, 0.717) is 6.04 Å². The predicted molar refractivity (Wildman–Crippen MR) is 76.4 cm³/mol. The van der Waals surface area contributed by atoms with Crippen LogP contribution in [-0.4, -0.2) is 31.1 Å². The monoisotopic (exact) mass is 264 g/mol. The highest BCUT2D eigenvalue weighted by atomic mass is 16.6. The molecule has 1 unspecified atom stereocenters. The molecule has 0 radical (unpaired) electrons. The van der Waals surface area contributed by atoms with Crippen LogP contribution >= 0.6 is 0 Å². The molecule has 1 saturated heterocycles. The smallest absolute Gasteiger partial charge is 0.292 e. The normalized spacial score (nSPS) is 19.7. The molecule has 0 amide bonds. The van der Waals surface area contributed by atoms with E-state index in [-0.39, 0.29) is 11.4 Å². The van der Waals surface area contributed by atoms with Gasteiger partial charge in [0.2, 0.25) is 0 Å². The van der Waals surface area contributed by atoms with E-state index in [9.17, 15) is 10.1 Å². The third-order valence-corrected chi connectivity index (χ3v) is 3.71. The molecule has 1 aliphatic rings. The fraction of sp³-hybridized carbons (Fsp3) is 0.538. The summed E-state index contributed by atoms with van der Waals surface area (Å²) in [4.78, 5) is 12.5. The van der Waals surface area contributed by atoms with Crippen molar-refractivity contribution in [1.82, 2.24) is 5.32 Å². The zero-order valence-corrected chi connectivity index (χ0v) is 11.1. The van der Waals surface area contributed by atoms with Gasteiger partial charge in [-0.05, 0) is 44.5 Å². The zero-order valence-electron chi connectivity index (χ0n) is 11.1. The first-order valence-electron chi connectivity index (χ1n) is 6.57. The van der Waals surface area contributed by atoms with Crippen LogP contribution in [0.25, 0.3) is 0 Å². The Morgan fingerprint density at radius 3 is 2.89 bits per heavy atom. The topological polar surface area (TPSA) is 84.4 Å². The van der Waals surface area contributed by atoms with Gasteiger partial charge >= 0.3 is 0 Å². The molecule has 1 aromatic rings. The molecular weight excluding hydrogens is 244 g/mol. The van der Waals surface area contributed by atoms with E-state index >= 15 is 0 Å². The van der Waals surface area contributed by atoms with Crippen molar-refractivity contribution in [3.05, 3.63) is 28.3 Å². The maximum absolute atomic E-state index is 10.8. The molecule has 0 spiro atoms. The van der Waals surface area contributed by atoms with E-state index in [2.05, 4.69) is 10.2 Å². The van der Waals surface area contributed by atoms with Crippen LogP contribution in [0.4, 0.5) is 17.1 Å². The van der Waals surface area contributed by atoms with Gasteiger partial charge in [-0.25, -0.2) is 0 Å². The van der Waals surface area contributed by atoms with E-state index in [1.54, 1.807) is 12.1 Å². The number of nitrogens with one attached hydrogen (secondary N) is 1. The first-order chi connectivity index (χ1) is 9.09. The van der Waals surface area contributed by atoms with E-state index in [0.717, 1.165) is 38.0 Å². The lowest BCUT2D eigenvalue weighted by atomic mass is 10.1. The molecule has 104 valence electrons. The standard InChI is InChI=1S/C13H20N4O2/c1-16(10-3-2-7-15-8-6-10)11-4-5-13(17(18)19)12(14)9-11/h4-5,9-10,15H,2-3,6-8,14H2,1H3. The summed E-state index contributed by atoms with van der Waals surface area (Å²) in [5.74, 6) is 0. The number of nitro benzene ring substituents is 1. The van der Waals surface area contributed by atoms with Gasteiger partial charge in [-0.3, -0.25) is 10.1 Å². The molecule has 6 heteroatoms. The van der Waals surface area contributed by atoms with Crippen LogP contribution in [0.15, 0.2) is 18.2 Å². The Morgan fingerprint density at radius 2 is 2.21 bits per heavy atom. The third-order valence-electron chi connectivity index (χ3n) is 3.71. The fourth-order valence-corrected chi connectivity index (χ4v) is 2.53. The average Bonchev–Trinajstić information content (AvgIpc) is 2.66. The number of anilines is 2. The molecule has 1 fully saturated rings. The van der Waals surface area contributed by atoms with Crippen LogP contribution in [0.1, 0.15) is 19.3 Å². The molecule has 2 rings (SSSR count). The van der Waals surface area contributed by atoms with Crippen LogP contribution in [0.2, 0.25) is 0 Å². The Bertz CT molecular complexity index is 456. The third kappa shape index (κ3) is 3.14. The summed E-state index contributed by atoms with van der Waals surface area (Å²) < 4.78 is 0. The summed E-state index contributed by atoms with van der Waals surface area (Å²) >= 11 is 0. The molecule has 6 nitrogen and oxygen atoms in total. The number of rotatable bonds is 3. The first kappa shape index (κ1) is 13.6. The second-order valence-corrected chi connectivity index (χ2v) is 4.95. The van der Waals surface area contributed by atoms with Gasteiger partial charge in [0.05, 0.1) is 4.92 Å². The van der Waals surface area contributed by atoms with E-state index in [4.69, 9.17) is 5.73 Å². The molecule has 3 N–H and O–H groups in total. The Labute approximate surface area is 112 Å². The largest absolute Gasteiger partial charge is 0.393 e. The zero-order chi connectivity index (χ0) is 13.8. The highest BCUT2D eigenvalue weighted by molar-refractivity contribution is 5.66. The van der Waals surface area contributed by atoms with Crippen LogP contribution in [0.3, 0.4) is 0 Å². The average molecular weight is 264 g/mol. The van der Waals surface area contributed by atoms with Gasteiger partial charge in [0.15, 0.2) is 0 Å². The molecule has 0 bridgehead atoms. The van der Waals surface area contributed by atoms with E-state index < -0.39 is 4.92 Å². The van der Waals surface area contributed by atoms with Gasteiger partial charge < -0.3 is 16.0 Å². The van der Waals surface area contributed by atoms with Crippen molar-refractivity contribution in [2.75, 3.05) is 30.8 Å². The summed E-state index contributed by atoms with van der Waals surface area (Å²) in [6.07, 6.45) is 3.35. The van der Waals surface area contributed by atoms with Gasteiger partial charge in [0.25, 0.3) is 5.69 Å². The summed E-state index contributed by atoms with van der Waals surface area (Å²) in [6, 6.07) is 5.40. The van der Waals surface area contributed by atoms with Crippen molar-refractivity contribution in [3.63, 3.8) is 0 Å². The van der Waals surface area contributed by atoms with Crippen molar-refractivity contribution in [3.8, 4) is 0 Å². The lowest BCUT2D eigenvalue weighted by Gasteiger charge is -2.29. The van der Waals surface area contributed by atoms with E-state index in [1.807, 2.05) is 7.05 Å². The Hall–Kier alpha value is -1.82. The molecule has 1 aliphatic heterocycles. The molecular formula is C13H20N4O2. The van der Waals surface area contributed by atoms with Gasteiger partial charge in [0.1, 0.15) is 5.69 Å². The summed E-state index contributed by atoms with van der Waals surface area (Å²) in [6.45, 7) is 2.07. The van der Waals surface area contributed by atoms with Crippen molar-refractivity contribution in [2.24, 2.45) is 0 Å². The number of hydrogen-bond donors (Lipinski definition) is 2. The predicted octanol–water partition coefficient (Wildman–Crippen LogP) is 1.76. The van der Waals surface area contributed by atoms with Gasteiger partial charge in [0, 0.05) is 24.8 Å². The van der Waals surface area contributed by atoms with Crippen molar-refractivity contribution >= 4 is 17.1 Å². The SMILES string of the molecule is CN(c1ccc([N+](=O)[O-])c(N)c1)C1CCCNCC1. The van der Waals surface area contributed by atoms with Crippen LogP contribution < -0.4 is 16.0 Å². The molecule has 1 aromatic carbocycles. The Morgan fingerprint density at radius 1 is 1.42 bits per heavy atom. The molecule has 1 atom stereocenters. The Balaban J connectivity index is 2.16. The quantitative estimate of drug-likeness (QED) is 0.493. The lowest BCUT2D eigenvalue weighted by molar-refractivity contribution is -0.383. The maximum atomic E-state index is 10.8. The van der Waals surface area contributed by atoms with Crippen molar-refractivity contribution in [2.45, 2.75) is 25.3 Å². The molecule has 0 saturated carbocycles. The van der Waals surface area contributed by atoms with Crippen LogP contribution in [-0.2, 0) is 0 Å². The van der Waals surface area contributed by atoms with Gasteiger partial charge in [-0.15, -0.1) is 0 Å². The minimum absolute atomic E-state index is 0.0281. The fourth-order valence-electron chi connectivity index (χ4n) is 2.53. The highest BCUT2D eigenvalue weighted by Crippen LogP contribution is 2.28. The number of nitrogen functional groups attached to an aromatic ring is 1. The van der Waals surface area contributed by atoms with Crippen molar-refractivity contribution < 1.29 is 4.92 Å². The second kappa shape index (κ2) is 5.88. The number of benzene rings is 1. The lowest BCUT2D eigenvalue weighted by Crippen LogP contribution is -2.32. The molecule has 0 aromatic heterocycles. The first-order valence-corrected chi connectivity index (χ1v) is 6.57. The summed E-state index contributed by atoms with van der Waals surface area (Å²) in [5.41, 5.74) is 6.87. The second-order valence-electron chi connectivity index (χ2n) is 4.95.